The molecule has 0 spiro atoms. The van der Waals surface area contributed by atoms with Crippen LogP contribution in [0.2, 0.25) is 10.0 Å². The van der Waals surface area contributed by atoms with Gasteiger partial charge in [-0.1, -0.05) is 23.2 Å². The Morgan fingerprint density at radius 2 is 2.00 bits per heavy atom. The van der Waals surface area contributed by atoms with Crippen LogP contribution in [-0.2, 0) is 4.84 Å². The minimum absolute atomic E-state index is 0.0613. The maximum atomic E-state index is 13.9. The summed E-state index contributed by atoms with van der Waals surface area (Å²) in [7, 11) is 0. The number of halogens is 4. The molecule has 0 aliphatic carbocycles. The summed E-state index contributed by atoms with van der Waals surface area (Å²) in [6, 6.07) is 7.53. The first-order valence-electron chi connectivity index (χ1n) is 7.09. The van der Waals surface area contributed by atoms with Crippen LogP contribution in [0.15, 0.2) is 30.3 Å². The highest BCUT2D eigenvalue weighted by Crippen LogP contribution is 2.31. The molecule has 0 heterocycles. The van der Waals surface area contributed by atoms with Gasteiger partial charge in [0.15, 0.2) is 0 Å². The van der Waals surface area contributed by atoms with E-state index in [0.717, 1.165) is 9.64 Å². The van der Waals surface area contributed by atoms with E-state index in [1.54, 1.807) is 19.1 Å². The first-order chi connectivity index (χ1) is 11.8. The molecule has 0 aromatic heterocycles. The number of carbonyl (C=O) groups excluding carboxylic acids is 1. The van der Waals surface area contributed by atoms with Crippen LogP contribution in [0, 0.1) is 9.39 Å². The predicted octanol–water partition coefficient (Wildman–Crippen LogP) is 4.52. The minimum atomic E-state index is -0.688. The molecule has 0 aliphatic heterocycles. The predicted molar refractivity (Wildman–Crippen MR) is 104 cm³/mol. The summed E-state index contributed by atoms with van der Waals surface area (Å²) < 4.78 is 14.8. The second-order valence-electron chi connectivity index (χ2n) is 5.10. The molecule has 0 aliphatic rings. The number of aliphatic hydroxyl groups excluding tert-OH is 1. The summed E-state index contributed by atoms with van der Waals surface area (Å²) >= 11 is 14.1. The van der Waals surface area contributed by atoms with Gasteiger partial charge < -0.3 is 10.4 Å². The average molecular weight is 499 g/mol. The van der Waals surface area contributed by atoms with E-state index < -0.39 is 17.8 Å². The fourth-order valence-electron chi connectivity index (χ4n) is 1.82. The van der Waals surface area contributed by atoms with Gasteiger partial charge >= 0.3 is 0 Å². The monoisotopic (exact) mass is 498 g/mol. The Hall–Kier alpha value is -1.13. The first-order valence-corrected chi connectivity index (χ1v) is 8.93. The standard InChI is InChI=1S/C16H14Cl2FIN2O3/c1-8(7-23)25-22-16(24)10-5-11(17)13(19)6-15(10)21-14-3-2-9(20)4-12(14)18/h2-6,8,21,23H,7H2,1H3,(H,22,24). The van der Waals surface area contributed by atoms with Gasteiger partial charge in [-0.3, -0.25) is 9.63 Å². The van der Waals surface area contributed by atoms with Crippen LogP contribution in [-0.4, -0.2) is 23.7 Å². The Labute approximate surface area is 167 Å². The van der Waals surface area contributed by atoms with Crippen molar-refractivity contribution in [3.63, 3.8) is 0 Å². The molecule has 2 aromatic rings. The van der Waals surface area contributed by atoms with E-state index in [2.05, 4.69) is 33.4 Å². The highest BCUT2D eigenvalue weighted by atomic mass is 127. The SMILES string of the molecule is CC(CO)ONC(=O)c1cc(Cl)c(F)cc1Nc1ccc(I)cc1Cl. The third-order valence-corrected chi connectivity index (χ3v) is 4.39. The van der Waals surface area contributed by atoms with Gasteiger partial charge in [0.05, 0.1) is 33.6 Å². The van der Waals surface area contributed by atoms with Crippen LogP contribution >= 0.6 is 45.8 Å². The summed E-state index contributed by atoms with van der Waals surface area (Å²) in [5, 5.41) is 12.1. The lowest BCUT2D eigenvalue weighted by atomic mass is 10.1. The van der Waals surface area contributed by atoms with E-state index in [4.69, 9.17) is 33.1 Å². The van der Waals surface area contributed by atoms with Crippen LogP contribution in [0.3, 0.4) is 0 Å². The number of rotatable bonds is 6. The summed E-state index contributed by atoms with van der Waals surface area (Å²) in [4.78, 5) is 17.3. The number of hydrogen-bond acceptors (Lipinski definition) is 4. The van der Waals surface area contributed by atoms with Gasteiger partial charge in [0.25, 0.3) is 5.91 Å². The molecule has 2 rings (SSSR count). The molecule has 3 N–H and O–H groups in total. The zero-order valence-corrected chi connectivity index (χ0v) is 16.6. The minimum Gasteiger partial charge on any atom is -0.394 e. The van der Waals surface area contributed by atoms with E-state index in [9.17, 15) is 9.18 Å². The quantitative estimate of drug-likeness (QED) is 0.404. The number of carbonyl (C=O) groups is 1. The summed E-state index contributed by atoms with van der Waals surface area (Å²) in [6.45, 7) is 1.30. The maximum absolute atomic E-state index is 13.9. The highest BCUT2D eigenvalue weighted by Gasteiger charge is 2.17. The van der Waals surface area contributed by atoms with Crippen molar-refractivity contribution in [2.24, 2.45) is 0 Å². The molecule has 134 valence electrons. The topological polar surface area (TPSA) is 70.6 Å². The van der Waals surface area contributed by atoms with Crippen LogP contribution in [0.25, 0.3) is 0 Å². The van der Waals surface area contributed by atoms with Crippen molar-refractivity contribution in [2.75, 3.05) is 11.9 Å². The Bertz CT molecular complexity index is 792. The largest absolute Gasteiger partial charge is 0.394 e. The zero-order chi connectivity index (χ0) is 18.6. The molecular weight excluding hydrogens is 485 g/mol. The lowest BCUT2D eigenvalue weighted by Gasteiger charge is -2.15. The van der Waals surface area contributed by atoms with E-state index in [-0.39, 0.29) is 22.9 Å². The molecule has 2 aromatic carbocycles. The zero-order valence-electron chi connectivity index (χ0n) is 12.9. The smallest absolute Gasteiger partial charge is 0.277 e. The van der Waals surface area contributed by atoms with Gasteiger partial charge in [-0.25, -0.2) is 9.87 Å². The van der Waals surface area contributed by atoms with Crippen molar-refractivity contribution < 1.29 is 19.1 Å². The van der Waals surface area contributed by atoms with E-state index in [1.807, 2.05) is 6.07 Å². The molecule has 0 radical (unpaired) electrons. The molecule has 0 fully saturated rings. The third-order valence-electron chi connectivity index (χ3n) is 3.12. The fourth-order valence-corrected chi connectivity index (χ4v) is 2.89. The number of amides is 1. The Kier molecular flexibility index (Phi) is 7.26. The van der Waals surface area contributed by atoms with Gasteiger partial charge in [0.2, 0.25) is 0 Å². The molecule has 9 heteroatoms. The number of hydroxylamine groups is 1. The number of benzene rings is 2. The highest BCUT2D eigenvalue weighted by molar-refractivity contribution is 14.1. The van der Waals surface area contributed by atoms with Crippen molar-refractivity contribution in [1.82, 2.24) is 5.48 Å². The normalized spacial score (nSPS) is 11.9. The maximum Gasteiger partial charge on any atom is 0.277 e. The van der Waals surface area contributed by atoms with Gasteiger partial charge in [-0.05, 0) is 59.8 Å². The van der Waals surface area contributed by atoms with Crippen molar-refractivity contribution in [2.45, 2.75) is 13.0 Å². The third kappa shape index (κ3) is 5.42. The molecule has 0 saturated heterocycles. The molecule has 0 bridgehead atoms. The molecule has 25 heavy (non-hydrogen) atoms. The second-order valence-corrected chi connectivity index (χ2v) is 7.16. The number of anilines is 2. The molecule has 1 amide bonds. The van der Waals surface area contributed by atoms with E-state index in [0.29, 0.717) is 10.7 Å². The summed E-state index contributed by atoms with van der Waals surface area (Å²) in [5.74, 6) is -1.33. The molecule has 5 nitrogen and oxygen atoms in total. The molecule has 0 saturated carbocycles. The molecule has 1 atom stereocenters. The molecule has 1 unspecified atom stereocenters. The van der Waals surface area contributed by atoms with Gasteiger partial charge in [-0.15, -0.1) is 0 Å². The number of aliphatic hydroxyl groups is 1. The second kappa shape index (κ2) is 9.00. The lowest BCUT2D eigenvalue weighted by Crippen LogP contribution is -2.30. The van der Waals surface area contributed by atoms with Crippen LogP contribution < -0.4 is 10.8 Å². The van der Waals surface area contributed by atoms with Crippen molar-refractivity contribution in [3.05, 3.63) is 55.3 Å². The van der Waals surface area contributed by atoms with Gasteiger partial charge in [0, 0.05) is 3.57 Å². The van der Waals surface area contributed by atoms with Gasteiger partial charge in [0.1, 0.15) is 11.9 Å². The Morgan fingerprint density at radius 1 is 1.28 bits per heavy atom. The van der Waals surface area contributed by atoms with Crippen LogP contribution in [0.4, 0.5) is 15.8 Å². The number of nitrogens with one attached hydrogen (secondary N) is 2. The fraction of sp³-hybridized carbons (Fsp3) is 0.188. The van der Waals surface area contributed by atoms with Crippen molar-refractivity contribution in [1.29, 1.82) is 0 Å². The molecular formula is C16H14Cl2FIN2O3. The summed E-state index contributed by atoms with van der Waals surface area (Å²) in [6.07, 6.45) is -0.595. The van der Waals surface area contributed by atoms with Crippen LogP contribution in [0.1, 0.15) is 17.3 Å². The lowest BCUT2D eigenvalue weighted by molar-refractivity contribution is -0.0303. The average Bonchev–Trinajstić information content (AvgIpc) is 2.57. The van der Waals surface area contributed by atoms with Crippen molar-refractivity contribution >= 4 is 63.1 Å². The van der Waals surface area contributed by atoms with Gasteiger partial charge in [-0.2, -0.15) is 0 Å². The Balaban J connectivity index is 2.33. The van der Waals surface area contributed by atoms with Crippen LogP contribution in [0.5, 0.6) is 0 Å². The van der Waals surface area contributed by atoms with E-state index in [1.165, 1.54) is 6.07 Å². The number of hydrogen-bond donors (Lipinski definition) is 3. The Morgan fingerprint density at radius 3 is 2.64 bits per heavy atom. The first kappa shape index (κ1) is 20.2. The van der Waals surface area contributed by atoms with Crippen molar-refractivity contribution in [3.8, 4) is 0 Å². The van der Waals surface area contributed by atoms with E-state index >= 15 is 0 Å². The summed E-state index contributed by atoms with van der Waals surface area (Å²) in [5.41, 5.74) is 2.92.